The predicted octanol–water partition coefficient (Wildman–Crippen LogP) is 7.55. The highest BCUT2D eigenvalue weighted by molar-refractivity contribution is 5.40. The van der Waals surface area contributed by atoms with Gasteiger partial charge in [0.2, 0.25) is 0 Å². The van der Waals surface area contributed by atoms with E-state index in [0.717, 1.165) is 24.0 Å². The molecule has 1 heteroatoms. The summed E-state index contributed by atoms with van der Waals surface area (Å²) in [5, 5.41) is 0. The molecule has 0 fully saturated rings. The summed E-state index contributed by atoms with van der Waals surface area (Å²) in [7, 11) is 0. The van der Waals surface area contributed by atoms with Gasteiger partial charge in [0, 0.05) is 0 Å². The van der Waals surface area contributed by atoms with E-state index in [0.29, 0.717) is 0 Å². The number of hydrogen-bond donors (Lipinski definition) is 0. The molecule has 1 rings (SSSR count). The minimum atomic E-state index is -0.249. The molecule has 0 saturated heterocycles. The van der Waals surface area contributed by atoms with Gasteiger partial charge in [0.05, 0.1) is 0 Å². The topological polar surface area (TPSA) is 0 Å². The highest BCUT2D eigenvalue weighted by Gasteiger charge is 2.37. The average Bonchev–Trinajstić information content (AvgIpc) is 2.50. The maximum absolute atomic E-state index is 14.8. The van der Waals surface area contributed by atoms with E-state index in [-0.39, 0.29) is 16.6 Å². The summed E-state index contributed by atoms with van der Waals surface area (Å²) < 4.78 is 14.8. The Morgan fingerprint density at radius 2 is 1.72 bits per heavy atom. The molecule has 0 aromatic heterocycles. The molecular weight excluding hydrogens is 307 g/mol. The van der Waals surface area contributed by atoms with E-state index < -0.39 is 0 Å². The Morgan fingerprint density at radius 1 is 1.08 bits per heavy atom. The molecule has 138 valence electrons. The normalized spacial score (nSPS) is 14.4. The zero-order valence-corrected chi connectivity index (χ0v) is 17.3. The first-order valence-electron chi connectivity index (χ1n) is 9.32. The molecule has 0 N–H and O–H groups in total. The molecule has 0 spiro atoms. The van der Waals surface area contributed by atoms with E-state index in [9.17, 15) is 4.39 Å². The molecule has 0 aliphatic carbocycles. The standard InChI is InChI=1S/C24H35F/c1-9-11-12-14-19(10-2)18(3)17-20-15-13-16-21(25)22(20)24(7,8)23(4,5)6/h9,11-16H,10,17H2,1-8H3/b11-9-,14-12-,19-18-. The van der Waals surface area contributed by atoms with Crippen LogP contribution >= 0.6 is 0 Å². The Kier molecular flexibility index (Phi) is 7.41. The number of hydrogen-bond acceptors (Lipinski definition) is 0. The van der Waals surface area contributed by atoms with E-state index in [1.165, 1.54) is 11.1 Å². The summed E-state index contributed by atoms with van der Waals surface area (Å²) in [5.74, 6) is -0.0901. The molecule has 1 aromatic rings. The van der Waals surface area contributed by atoms with Crippen molar-refractivity contribution in [3.63, 3.8) is 0 Å². The summed E-state index contributed by atoms with van der Waals surface area (Å²) >= 11 is 0. The first-order chi connectivity index (χ1) is 11.6. The van der Waals surface area contributed by atoms with Crippen molar-refractivity contribution in [2.24, 2.45) is 5.41 Å². The van der Waals surface area contributed by atoms with Crippen molar-refractivity contribution in [3.05, 3.63) is 70.6 Å². The summed E-state index contributed by atoms with van der Waals surface area (Å²) in [6.07, 6.45) is 10.1. The van der Waals surface area contributed by atoms with Gasteiger partial charge in [-0.05, 0) is 60.3 Å². The molecule has 0 heterocycles. The summed E-state index contributed by atoms with van der Waals surface area (Å²) in [5.41, 5.74) is 4.31. The molecule has 0 bridgehead atoms. The van der Waals surface area contributed by atoms with Gasteiger partial charge in [-0.2, -0.15) is 0 Å². The van der Waals surface area contributed by atoms with Gasteiger partial charge in [0.15, 0.2) is 0 Å². The van der Waals surface area contributed by atoms with Crippen LogP contribution in [0.1, 0.15) is 72.9 Å². The minimum Gasteiger partial charge on any atom is -0.207 e. The van der Waals surface area contributed by atoms with Gasteiger partial charge in [-0.25, -0.2) is 4.39 Å². The van der Waals surface area contributed by atoms with E-state index in [2.05, 4.69) is 66.7 Å². The summed E-state index contributed by atoms with van der Waals surface area (Å²) in [6, 6.07) is 5.51. The Bertz CT molecular complexity index is 664. The van der Waals surface area contributed by atoms with Crippen molar-refractivity contribution in [2.45, 2.75) is 73.6 Å². The van der Waals surface area contributed by atoms with Crippen molar-refractivity contribution in [3.8, 4) is 0 Å². The lowest BCUT2D eigenvalue weighted by Crippen LogP contribution is -2.36. The van der Waals surface area contributed by atoms with E-state index in [1.54, 1.807) is 6.07 Å². The van der Waals surface area contributed by atoms with Crippen LogP contribution in [0.5, 0.6) is 0 Å². The van der Waals surface area contributed by atoms with Crippen LogP contribution in [-0.2, 0) is 11.8 Å². The molecule has 0 unspecified atom stereocenters. The van der Waals surface area contributed by atoms with Gasteiger partial charge in [-0.1, -0.05) is 83.6 Å². The van der Waals surface area contributed by atoms with E-state index in [1.807, 2.05) is 25.1 Å². The quantitative estimate of drug-likeness (QED) is 0.468. The third kappa shape index (κ3) is 5.17. The van der Waals surface area contributed by atoms with Crippen LogP contribution in [0.2, 0.25) is 0 Å². The van der Waals surface area contributed by atoms with Gasteiger partial charge >= 0.3 is 0 Å². The van der Waals surface area contributed by atoms with Crippen molar-refractivity contribution >= 4 is 0 Å². The average molecular weight is 343 g/mol. The first kappa shape index (κ1) is 21.4. The summed E-state index contributed by atoms with van der Waals surface area (Å²) in [6.45, 7) is 17.2. The molecule has 0 amide bonds. The second-order valence-corrected chi connectivity index (χ2v) is 8.37. The van der Waals surface area contributed by atoms with Crippen LogP contribution in [-0.4, -0.2) is 0 Å². The van der Waals surface area contributed by atoms with Crippen molar-refractivity contribution in [2.75, 3.05) is 0 Å². The molecule has 1 aromatic carbocycles. The molecular formula is C24H35F. The Hall–Kier alpha value is -1.63. The predicted molar refractivity (Wildman–Crippen MR) is 110 cm³/mol. The largest absolute Gasteiger partial charge is 0.207 e. The molecule has 0 atom stereocenters. The van der Waals surface area contributed by atoms with Crippen molar-refractivity contribution < 1.29 is 4.39 Å². The fourth-order valence-electron chi connectivity index (χ4n) is 3.03. The molecule has 0 saturated carbocycles. The lowest BCUT2D eigenvalue weighted by Gasteiger charge is -2.41. The van der Waals surface area contributed by atoms with Crippen LogP contribution < -0.4 is 0 Å². The maximum Gasteiger partial charge on any atom is 0.127 e. The molecule has 25 heavy (non-hydrogen) atoms. The van der Waals surface area contributed by atoms with Gasteiger partial charge < -0.3 is 0 Å². The number of rotatable bonds is 6. The lowest BCUT2D eigenvalue weighted by atomic mass is 9.64. The Labute approximate surface area is 154 Å². The van der Waals surface area contributed by atoms with Crippen molar-refractivity contribution in [1.82, 2.24) is 0 Å². The van der Waals surface area contributed by atoms with Gasteiger partial charge in [-0.3, -0.25) is 0 Å². The fraction of sp³-hybridized carbons (Fsp3) is 0.500. The number of benzene rings is 1. The first-order valence-corrected chi connectivity index (χ1v) is 9.32. The van der Waals surface area contributed by atoms with E-state index in [4.69, 9.17) is 0 Å². The van der Waals surface area contributed by atoms with Crippen LogP contribution in [0, 0.1) is 11.2 Å². The monoisotopic (exact) mass is 342 g/mol. The van der Waals surface area contributed by atoms with Crippen LogP contribution in [0.25, 0.3) is 0 Å². The highest BCUT2D eigenvalue weighted by atomic mass is 19.1. The number of halogens is 1. The lowest BCUT2D eigenvalue weighted by molar-refractivity contribution is 0.218. The molecule has 0 nitrogen and oxygen atoms in total. The van der Waals surface area contributed by atoms with Gasteiger partial charge in [-0.15, -0.1) is 0 Å². The highest BCUT2D eigenvalue weighted by Crippen LogP contribution is 2.43. The second-order valence-electron chi connectivity index (χ2n) is 8.37. The number of allylic oxidation sites excluding steroid dienone is 6. The minimum absolute atomic E-state index is 0.0268. The Balaban J connectivity index is 3.39. The smallest absolute Gasteiger partial charge is 0.127 e. The third-order valence-corrected chi connectivity index (χ3v) is 5.59. The van der Waals surface area contributed by atoms with Crippen LogP contribution in [0.3, 0.4) is 0 Å². The second kappa shape index (κ2) is 8.65. The van der Waals surface area contributed by atoms with Crippen LogP contribution in [0.4, 0.5) is 4.39 Å². The zero-order chi connectivity index (χ0) is 19.3. The third-order valence-electron chi connectivity index (χ3n) is 5.59. The van der Waals surface area contributed by atoms with Gasteiger partial charge in [0.25, 0.3) is 0 Å². The molecule has 0 radical (unpaired) electrons. The van der Waals surface area contributed by atoms with Crippen molar-refractivity contribution in [1.29, 1.82) is 0 Å². The molecule has 0 aliphatic rings. The van der Waals surface area contributed by atoms with Gasteiger partial charge in [0.1, 0.15) is 5.82 Å². The SMILES string of the molecule is C\C=C/C=C\C(CC)=C(\C)Cc1cccc(F)c1C(C)(C)C(C)(C)C. The molecule has 0 aliphatic heterocycles. The Morgan fingerprint density at radius 3 is 2.24 bits per heavy atom. The maximum atomic E-state index is 14.8. The zero-order valence-electron chi connectivity index (χ0n) is 17.3. The van der Waals surface area contributed by atoms with Crippen LogP contribution in [0.15, 0.2) is 53.6 Å². The fourth-order valence-corrected chi connectivity index (χ4v) is 3.03. The van der Waals surface area contributed by atoms with E-state index >= 15 is 0 Å². The summed E-state index contributed by atoms with van der Waals surface area (Å²) in [4.78, 5) is 0.